The molecule has 0 saturated carbocycles. The van der Waals surface area contributed by atoms with Crippen LogP contribution in [-0.4, -0.2) is 4.57 Å². The lowest BCUT2D eigenvalue weighted by Crippen LogP contribution is -1.94. The van der Waals surface area contributed by atoms with E-state index in [1.165, 1.54) is 105 Å². The van der Waals surface area contributed by atoms with Crippen molar-refractivity contribution in [2.45, 2.75) is 0 Å². The van der Waals surface area contributed by atoms with Crippen molar-refractivity contribution in [3.8, 4) is 61.3 Å². The smallest absolute Gasteiger partial charge is 0.0547 e. The molecule has 1 nitrogen and oxygen atoms in total. The summed E-state index contributed by atoms with van der Waals surface area (Å²) in [7, 11) is 0. The zero-order chi connectivity index (χ0) is 29.2. The third-order valence-corrected chi connectivity index (χ3v) is 10.2. The van der Waals surface area contributed by atoms with Gasteiger partial charge in [-0.25, -0.2) is 0 Å². The van der Waals surface area contributed by atoms with E-state index in [0.717, 1.165) is 0 Å². The van der Waals surface area contributed by atoms with E-state index in [9.17, 15) is 0 Å². The van der Waals surface area contributed by atoms with Gasteiger partial charge in [-0.2, -0.15) is 0 Å². The second-order valence-corrected chi connectivity index (χ2v) is 12.5. The second kappa shape index (κ2) is 8.37. The van der Waals surface area contributed by atoms with E-state index in [1.807, 2.05) is 0 Å². The summed E-state index contributed by atoms with van der Waals surface area (Å²) in [6.07, 6.45) is 0. The van der Waals surface area contributed by atoms with Crippen molar-refractivity contribution in [1.82, 2.24) is 4.57 Å². The molecule has 0 saturated heterocycles. The number of nitrogens with zero attached hydrogens (tertiary/aromatic N) is 1. The minimum Gasteiger partial charge on any atom is -0.309 e. The molecule has 0 radical (unpaired) electrons. The van der Waals surface area contributed by atoms with Crippen LogP contribution in [0.15, 0.2) is 152 Å². The molecule has 0 aliphatic heterocycles. The fourth-order valence-corrected chi connectivity index (χ4v) is 8.32. The van der Waals surface area contributed by atoms with Crippen LogP contribution in [0, 0.1) is 0 Å². The van der Waals surface area contributed by atoms with Crippen molar-refractivity contribution >= 4 is 43.4 Å². The predicted molar refractivity (Wildman–Crippen MR) is 190 cm³/mol. The number of hydrogen-bond donors (Lipinski definition) is 0. The summed E-state index contributed by atoms with van der Waals surface area (Å²) < 4.78 is 2.46. The van der Waals surface area contributed by atoms with E-state index < -0.39 is 0 Å². The van der Waals surface area contributed by atoms with Crippen LogP contribution in [0.4, 0.5) is 0 Å². The number of benzene rings is 8. The Morgan fingerprint density at radius 3 is 1.60 bits per heavy atom. The van der Waals surface area contributed by atoms with Gasteiger partial charge >= 0.3 is 0 Å². The number of aromatic nitrogens is 1. The van der Waals surface area contributed by atoms with E-state index in [0.29, 0.717) is 0 Å². The van der Waals surface area contributed by atoms with Gasteiger partial charge in [0.15, 0.2) is 0 Å². The minimum absolute atomic E-state index is 1.18. The van der Waals surface area contributed by atoms with E-state index in [4.69, 9.17) is 0 Å². The van der Waals surface area contributed by atoms with Crippen LogP contribution in [0.5, 0.6) is 0 Å². The van der Waals surface area contributed by atoms with Crippen LogP contribution < -0.4 is 0 Å². The van der Waals surface area contributed by atoms with Gasteiger partial charge in [-0.3, -0.25) is 0 Å². The summed E-state index contributed by atoms with van der Waals surface area (Å²) >= 11 is 0. The Kier molecular flexibility index (Phi) is 4.38. The minimum atomic E-state index is 1.18. The van der Waals surface area contributed by atoms with Crippen LogP contribution in [0.1, 0.15) is 0 Å². The van der Waals surface area contributed by atoms with Gasteiger partial charge in [0.25, 0.3) is 0 Å². The highest BCUT2D eigenvalue weighted by Gasteiger charge is 2.25. The highest BCUT2D eigenvalue weighted by atomic mass is 15.0. The Morgan fingerprint density at radius 2 is 0.889 bits per heavy atom. The average molecular weight is 568 g/mol. The SMILES string of the molecule is c1cc(-c2ccc3c(c2)-c2cccc4cccc-3c24)cc(-n2c3ccccc3c3cc4c(cc32)-c2cccc3cccc-4c23)c1. The largest absolute Gasteiger partial charge is 0.309 e. The zero-order valence-corrected chi connectivity index (χ0v) is 24.4. The molecule has 0 spiro atoms. The molecule has 0 unspecified atom stereocenters. The molecule has 8 aromatic carbocycles. The Labute approximate surface area is 260 Å². The molecule has 1 heterocycles. The maximum Gasteiger partial charge on any atom is 0.0547 e. The highest BCUT2D eigenvalue weighted by molar-refractivity contribution is 6.20. The van der Waals surface area contributed by atoms with Gasteiger partial charge in [0.05, 0.1) is 11.0 Å². The summed E-state index contributed by atoms with van der Waals surface area (Å²) in [6, 6.07) is 56.5. The van der Waals surface area contributed by atoms with Crippen molar-refractivity contribution in [3.05, 3.63) is 152 Å². The average Bonchev–Trinajstić information content (AvgIpc) is 3.72. The van der Waals surface area contributed by atoms with E-state index in [-0.39, 0.29) is 0 Å². The normalized spacial score (nSPS) is 12.4. The maximum atomic E-state index is 2.46. The van der Waals surface area contributed by atoms with Crippen LogP contribution in [-0.2, 0) is 0 Å². The van der Waals surface area contributed by atoms with Crippen LogP contribution in [0.25, 0.3) is 105 Å². The van der Waals surface area contributed by atoms with Gasteiger partial charge in [0.2, 0.25) is 0 Å². The Morgan fingerprint density at radius 1 is 0.311 bits per heavy atom. The van der Waals surface area contributed by atoms with Crippen molar-refractivity contribution in [2.75, 3.05) is 0 Å². The van der Waals surface area contributed by atoms with Gasteiger partial charge in [0.1, 0.15) is 0 Å². The third-order valence-electron chi connectivity index (χ3n) is 10.2. The fraction of sp³-hybridized carbons (Fsp3) is 0. The van der Waals surface area contributed by atoms with Gasteiger partial charge in [-0.05, 0) is 114 Å². The molecule has 9 aromatic rings. The lowest BCUT2D eigenvalue weighted by Gasteiger charge is -2.12. The molecule has 206 valence electrons. The molecule has 0 amide bonds. The number of rotatable bonds is 2. The Hall–Kier alpha value is -5.92. The zero-order valence-electron chi connectivity index (χ0n) is 24.4. The van der Waals surface area contributed by atoms with E-state index >= 15 is 0 Å². The van der Waals surface area contributed by atoms with Gasteiger partial charge in [-0.15, -0.1) is 0 Å². The van der Waals surface area contributed by atoms with Crippen molar-refractivity contribution in [2.24, 2.45) is 0 Å². The van der Waals surface area contributed by atoms with Gasteiger partial charge < -0.3 is 4.57 Å². The number of para-hydroxylation sites is 1. The molecule has 45 heavy (non-hydrogen) atoms. The third kappa shape index (κ3) is 3.02. The van der Waals surface area contributed by atoms with Gasteiger partial charge in [-0.1, -0.05) is 115 Å². The topological polar surface area (TPSA) is 4.93 Å². The molecule has 1 aromatic heterocycles. The lowest BCUT2D eigenvalue weighted by atomic mass is 9.97. The maximum absolute atomic E-state index is 2.46. The molecule has 0 fully saturated rings. The highest BCUT2D eigenvalue weighted by Crippen LogP contribution is 2.51. The molecule has 0 atom stereocenters. The molecule has 11 rings (SSSR count). The van der Waals surface area contributed by atoms with Crippen LogP contribution in [0.2, 0.25) is 0 Å². The van der Waals surface area contributed by atoms with Crippen LogP contribution in [0.3, 0.4) is 0 Å². The quantitative estimate of drug-likeness (QED) is 0.196. The molecular formula is C44H25N. The second-order valence-electron chi connectivity index (χ2n) is 12.5. The first-order valence-electron chi connectivity index (χ1n) is 15.7. The summed E-state index contributed by atoms with van der Waals surface area (Å²) in [6.45, 7) is 0. The van der Waals surface area contributed by atoms with Crippen molar-refractivity contribution in [3.63, 3.8) is 0 Å². The molecule has 0 bridgehead atoms. The summed E-state index contributed by atoms with van der Waals surface area (Å²) in [5.74, 6) is 0. The fourth-order valence-electron chi connectivity index (χ4n) is 8.32. The molecule has 2 aliphatic rings. The van der Waals surface area contributed by atoms with Gasteiger partial charge in [0, 0.05) is 16.5 Å². The summed E-state index contributed by atoms with van der Waals surface area (Å²) in [5.41, 5.74) is 16.8. The van der Waals surface area contributed by atoms with E-state index in [2.05, 4.69) is 156 Å². The standard InChI is InChI=1S/C44H25N/c1-2-19-41-32(14-1)40-24-38-35-17-6-10-27-11-7-18-36(44(27)35)39(38)25-42(40)45(41)30-13-3-12-28(22-30)29-20-21-31-33-15-4-8-26-9-5-16-34(43(26)33)37(31)23-29/h1-25H. The van der Waals surface area contributed by atoms with Crippen LogP contribution >= 0.6 is 0 Å². The first-order valence-corrected chi connectivity index (χ1v) is 15.7. The number of fused-ring (bicyclic) bond motifs is 9. The van der Waals surface area contributed by atoms with Crippen molar-refractivity contribution in [1.29, 1.82) is 0 Å². The molecule has 2 aliphatic carbocycles. The molecule has 0 N–H and O–H groups in total. The predicted octanol–water partition coefficient (Wildman–Crippen LogP) is 12.1. The molecular weight excluding hydrogens is 542 g/mol. The summed E-state index contributed by atoms with van der Waals surface area (Å²) in [5, 5.41) is 7.93. The van der Waals surface area contributed by atoms with Crippen molar-refractivity contribution < 1.29 is 0 Å². The monoisotopic (exact) mass is 567 g/mol. The summed E-state index contributed by atoms with van der Waals surface area (Å²) in [4.78, 5) is 0. The number of hydrogen-bond acceptors (Lipinski definition) is 0. The first kappa shape index (κ1) is 23.5. The Balaban J connectivity index is 1.12. The first-order chi connectivity index (χ1) is 22.3. The Bertz CT molecular complexity index is 2750. The van der Waals surface area contributed by atoms with E-state index in [1.54, 1.807) is 0 Å². The lowest BCUT2D eigenvalue weighted by molar-refractivity contribution is 1.18. The molecule has 1 heteroatoms.